The van der Waals surface area contributed by atoms with Gasteiger partial charge in [0.1, 0.15) is 11.5 Å². The van der Waals surface area contributed by atoms with Crippen molar-refractivity contribution in [2.45, 2.75) is 39.0 Å². The molecule has 2 heteroatoms. The Labute approximate surface area is 143 Å². The van der Waals surface area contributed by atoms with E-state index in [1.807, 2.05) is 18.2 Å². The molecule has 3 rings (SSSR count). The van der Waals surface area contributed by atoms with Gasteiger partial charge in [0.2, 0.25) is 0 Å². The van der Waals surface area contributed by atoms with Gasteiger partial charge in [0.05, 0.1) is 0 Å². The lowest BCUT2D eigenvalue weighted by molar-refractivity contribution is 0.446. The summed E-state index contributed by atoms with van der Waals surface area (Å²) in [6, 6.07) is 13.3. The van der Waals surface area contributed by atoms with Gasteiger partial charge in [-0.3, -0.25) is 0 Å². The fraction of sp³-hybridized carbons (Fsp3) is 0.273. The van der Waals surface area contributed by atoms with E-state index < -0.39 is 0 Å². The maximum absolute atomic E-state index is 10.1. The second-order valence-electron chi connectivity index (χ2n) is 7.41. The Balaban J connectivity index is 1.91. The minimum atomic E-state index is -0.0810. The molecule has 0 spiro atoms. The second-order valence-corrected chi connectivity index (χ2v) is 7.41. The van der Waals surface area contributed by atoms with Gasteiger partial charge in [-0.05, 0) is 70.4 Å². The third kappa shape index (κ3) is 3.38. The molecule has 0 unspecified atom stereocenters. The maximum Gasteiger partial charge on any atom is 0.119 e. The summed E-state index contributed by atoms with van der Waals surface area (Å²) in [5.74, 6) is 0.660. The molecule has 2 aromatic rings. The molecule has 0 atom stereocenters. The van der Waals surface area contributed by atoms with Gasteiger partial charge in [0.25, 0.3) is 0 Å². The lowest BCUT2D eigenvalue weighted by Gasteiger charge is -2.22. The van der Waals surface area contributed by atoms with Crippen LogP contribution in [-0.2, 0) is 5.41 Å². The topological polar surface area (TPSA) is 40.5 Å². The van der Waals surface area contributed by atoms with Gasteiger partial charge >= 0.3 is 0 Å². The van der Waals surface area contributed by atoms with Gasteiger partial charge in [0.15, 0.2) is 0 Å². The maximum atomic E-state index is 10.1. The highest BCUT2D eigenvalue weighted by Gasteiger charge is 2.19. The Kier molecular flexibility index (Phi) is 4.23. The summed E-state index contributed by atoms with van der Waals surface area (Å²) in [5, 5.41) is 19.5. The van der Waals surface area contributed by atoms with E-state index in [4.69, 9.17) is 0 Å². The van der Waals surface area contributed by atoms with E-state index in [1.54, 1.807) is 18.2 Å². The summed E-state index contributed by atoms with van der Waals surface area (Å²) in [6.45, 7) is 6.34. The summed E-state index contributed by atoms with van der Waals surface area (Å²) in [5.41, 5.74) is 5.82. The highest BCUT2D eigenvalue weighted by Crippen LogP contribution is 2.36. The van der Waals surface area contributed by atoms with Crippen LogP contribution in [0.2, 0.25) is 0 Å². The van der Waals surface area contributed by atoms with Crippen molar-refractivity contribution < 1.29 is 10.2 Å². The Morgan fingerprint density at radius 3 is 1.83 bits per heavy atom. The fourth-order valence-corrected chi connectivity index (χ4v) is 3.13. The van der Waals surface area contributed by atoms with Gasteiger partial charge in [-0.1, -0.05) is 51.1 Å². The van der Waals surface area contributed by atoms with Crippen molar-refractivity contribution in [1.29, 1.82) is 0 Å². The lowest BCUT2D eigenvalue weighted by atomic mass is 9.83. The van der Waals surface area contributed by atoms with E-state index in [9.17, 15) is 10.2 Å². The first kappa shape index (κ1) is 16.4. The molecule has 0 aliphatic heterocycles. The first-order valence-electron chi connectivity index (χ1n) is 8.37. The molecule has 1 aliphatic carbocycles. The van der Waals surface area contributed by atoms with Crippen LogP contribution in [-0.4, -0.2) is 10.2 Å². The van der Waals surface area contributed by atoms with Crippen LogP contribution < -0.4 is 0 Å². The van der Waals surface area contributed by atoms with Gasteiger partial charge in [0, 0.05) is 0 Å². The van der Waals surface area contributed by atoms with Crippen LogP contribution in [0.5, 0.6) is 11.5 Å². The molecule has 0 fully saturated rings. The predicted molar refractivity (Wildman–Crippen MR) is 100 cm³/mol. The minimum Gasteiger partial charge on any atom is -0.508 e. The SMILES string of the molecule is CC(C)(C)c1cc(C2=CC=C(c3ccc(O)cc3)CC2)ccc1O. The third-order valence-electron chi connectivity index (χ3n) is 4.56. The van der Waals surface area contributed by atoms with E-state index in [0.717, 1.165) is 24.0 Å². The van der Waals surface area contributed by atoms with Crippen molar-refractivity contribution in [3.8, 4) is 11.5 Å². The fourth-order valence-electron chi connectivity index (χ4n) is 3.13. The summed E-state index contributed by atoms with van der Waals surface area (Å²) in [7, 11) is 0. The van der Waals surface area contributed by atoms with Gasteiger partial charge in [-0.2, -0.15) is 0 Å². The minimum absolute atomic E-state index is 0.0810. The molecular formula is C22H24O2. The average molecular weight is 320 g/mol. The predicted octanol–water partition coefficient (Wildman–Crippen LogP) is 5.66. The largest absolute Gasteiger partial charge is 0.508 e. The number of hydrogen-bond donors (Lipinski definition) is 2. The van der Waals surface area contributed by atoms with Crippen molar-refractivity contribution in [2.24, 2.45) is 0 Å². The number of phenols is 2. The van der Waals surface area contributed by atoms with Crippen LogP contribution in [0.25, 0.3) is 11.1 Å². The highest BCUT2D eigenvalue weighted by atomic mass is 16.3. The molecule has 0 amide bonds. The van der Waals surface area contributed by atoms with E-state index in [2.05, 4.69) is 39.0 Å². The molecule has 0 saturated heterocycles. The molecule has 0 radical (unpaired) electrons. The molecule has 24 heavy (non-hydrogen) atoms. The van der Waals surface area contributed by atoms with Crippen molar-refractivity contribution in [2.75, 3.05) is 0 Å². The lowest BCUT2D eigenvalue weighted by Crippen LogP contribution is -2.11. The molecule has 1 aliphatic rings. The second kappa shape index (κ2) is 6.20. The van der Waals surface area contributed by atoms with Crippen molar-refractivity contribution in [3.63, 3.8) is 0 Å². The van der Waals surface area contributed by atoms with Crippen LogP contribution in [0.1, 0.15) is 50.3 Å². The standard InChI is InChI=1S/C22H24O2/c1-22(2,3)20-14-18(10-13-21(20)24)17-6-4-15(5-7-17)16-8-11-19(23)12-9-16/h4,6,8-14,23-24H,5,7H2,1-3H3. The van der Waals surface area contributed by atoms with Crippen LogP contribution in [0, 0.1) is 0 Å². The summed E-state index contributed by atoms with van der Waals surface area (Å²) in [6.07, 6.45) is 6.28. The molecule has 2 aromatic carbocycles. The number of phenolic OH excluding ortho intramolecular Hbond substituents is 2. The Morgan fingerprint density at radius 2 is 1.29 bits per heavy atom. The van der Waals surface area contributed by atoms with E-state index in [1.165, 1.54) is 16.7 Å². The van der Waals surface area contributed by atoms with Crippen molar-refractivity contribution >= 4 is 11.1 Å². The van der Waals surface area contributed by atoms with Crippen molar-refractivity contribution in [3.05, 3.63) is 71.3 Å². The van der Waals surface area contributed by atoms with E-state index in [-0.39, 0.29) is 5.41 Å². The zero-order chi connectivity index (χ0) is 17.3. The van der Waals surface area contributed by atoms with Crippen LogP contribution in [0.3, 0.4) is 0 Å². The van der Waals surface area contributed by atoms with Crippen LogP contribution in [0.15, 0.2) is 54.6 Å². The zero-order valence-electron chi connectivity index (χ0n) is 14.5. The highest BCUT2D eigenvalue weighted by molar-refractivity contribution is 5.78. The normalized spacial score (nSPS) is 15.0. The molecule has 0 aromatic heterocycles. The summed E-state index contributed by atoms with van der Waals surface area (Å²) >= 11 is 0. The number of rotatable bonds is 2. The third-order valence-corrected chi connectivity index (χ3v) is 4.56. The summed E-state index contributed by atoms with van der Waals surface area (Å²) in [4.78, 5) is 0. The van der Waals surface area contributed by atoms with Gasteiger partial charge in [-0.15, -0.1) is 0 Å². The van der Waals surface area contributed by atoms with Gasteiger partial charge < -0.3 is 10.2 Å². The number of benzene rings is 2. The monoisotopic (exact) mass is 320 g/mol. The number of aromatic hydroxyl groups is 2. The number of hydrogen-bond acceptors (Lipinski definition) is 2. The van der Waals surface area contributed by atoms with E-state index >= 15 is 0 Å². The molecular weight excluding hydrogens is 296 g/mol. The Hall–Kier alpha value is -2.48. The quantitative estimate of drug-likeness (QED) is 0.750. The Bertz CT molecular complexity index is 803. The van der Waals surface area contributed by atoms with Gasteiger partial charge in [-0.25, -0.2) is 0 Å². The molecule has 0 bridgehead atoms. The Morgan fingerprint density at radius 1 is 0.750 bits per heavy atom. The molecule has 0 saturated carbocycles. The first-order valence-corrected chi connectivity index (χ1v) is 8.37. The van der Waals surface area contributed by atoms with E-state index in [0.29, 0.717) is 11.5 Å². The smallest absolute Gasteiger partial charge is 0.119 e. The van der Waals surface area contributed by atoms with Crippen molar-refractivity contribution in [1.82, 2.24) is 0 Å². The summed E-state index contributed by atoms with van der Waals surface area (Å²) < 4.78 is 0. The zero-order valence-corrected chi connectivity index (χ0v) is 14.5. The van der Waals surface area contributed by atoms with Crippen LogP contribution >= 0.6 is 0 Å². The number of allylic oxidation sites excluding steroid dienone is 4. The molecule has 2 nitrogen and oxygen atoms in total. The average Bonchev–Trinajstić information content (AvgIpc) is 2.55. The molecule has 124 valence electrons. The van der Waals surface area contributed by atoms with Crippen LogP contribution in [0.4, 0.5) is 0 Å². The molecule has 0 heterocycles. The first-order chi connectivity index (χ1) is 11.3. The molecule has 2 N–H and O–H groups in total.